The van der Waals surface area contributed by atoms with Gasteiger partial charge in [0.05, 0.1) is 11.2 Å². The van der Waals surface area contributed by atoms with Crippen LogP contribution < -0.4 is 10.6 Å². The molecule has 0 radical (unpaired) electrons. The van der Waals surface area contributed by atoms with Crippen LogP contribution in [-0.4, -0.2) is 24.1 Å². The van der Waals surface area contributed by atoms with Gasteiger partial charge >= 0.3 is 0 Å². The molecular weight excluding hydrogens is 210 g/mol. The van der Waals surface area contributed by atoms with Crippen LogP contribution in [0.4, 0.5) is 0 Å². The summed E-state index contributed by atoms with van der Waals surface area (Å²) in [5, 5.41) is 8.10. The highest BCUT2D eigenvalue weighted by molar-refractivity contribution is 5.78. The molecule has 1 aliphatic rings. The summed E-state index contributed by atoms with van der Waals surface area (Å²) in [4.78, 5) is 4.65. The minimum Gasteiger partial charge on any atom is -0.315 e. The Morgan fingerprint density at radius 1 is 1.24 bits per heavy atom. The van der Waals surface area contributed by atoms with Crippen molar-refractivity contribution in [2.24, 2.45) is 0 Å². The topological polar surface area (TPSA) is 37.0 Å². The summed E-state index contributed by atoms with van der Waals surface area (Å²) in [7, 11) is 0. The fourth-order valence-corrected chi connectivity index (χ4v) is 2.28. The van der Waals surface area contributed by atoms with E-state index in [1.807, 2.05) is 12.1 Å². The van der Waals surface area contributed by atoms with Gasteiger partial charge in [0.2, 0.25) is 0 Å². The Kier molecular flexibility index (Phi) is 3.03. The smallest absolute Gasteiger partial charge is 0.0705 e. The monoisotopic (exact) mass is 227 g/mol. The van der Waals surface area contributed by atoms with Crippen LogP contribution in [0.25, 0.3) is 10.9 Å². The van der Waals surface area contributed by atoms with E-state index >= 15 is 0 Å². The summed E-state index contributed by atoms with van der Waals surface area (Å²) in [6.45, 7) is 3.06. The number of pyridine rings is 1. The fourth-order valence-electron chi connectivity index (χ4n) is 2.28. The van der Waals surface area contributed by atoms with E-state index in [0.29, 0.717) is 6.04 Å². The number of nitrogens with one attached hydrogen (secondary N) is 2. The van der Waals surface area contributed by atoms with E-state index in [0.717, 1.165) is 30.8 Å². The van der Waals surface area contributed by atoms with E-state index in [-0.39, 0.29) is 0 Å². The third-order valence-electron chi connectivity index (χ3n) is 3.29. The predicted octanol–water partition coefficient (Wildman–Crippen LogP) is 1.69. The van der Waals surface area contributed by atoms with E-state index in [2.05, 4.69) is 39.9 Å². The van der Waals surface area contributed by atoms with Crippen molar-refractivity contribution in [3.63, 3.8) is 0 Å². The Labute approximate surface area is 101 Å². The molecule has 0 amide bonds. The zero-order valence-corrected chi connectivity index (χ0v) is 9.82. The summed E-state index contributed by atoms with van der Waals surface area (Å²) in [6, 6.07) is 13.1. The summed E-state index contributed by atoms with van der Waals surface area (Å²) < 4.78 is 0. The SMILES string of the molecule is c1ccc2nc(CNC3CCNC3)ccc2c1. The van der Waals surface area contributed by atoms with Gasteiger partial charge < -0.3 is 10.6 Å². The third kappa shape index (κ3) is 2.46. The quantitative estimate of drug-likeness (QED) is 0.837. The van der Waals surface area contributed by atoms with Gasteiger partial charge in [0, 0.05) is 24.5 Å². The second-order valence-electron chi connectivity index (χ2n) is 4.57. The van der Waals surface area contributed by atoms with Crippen LogP contribution >= 0.6 is 0 Å². The molecule has 2 N–H and O–H groups in total. The van der Waals surface area contributed by atoms with Crippen molar-refractivity contribution in [1.82, 2.24) is 15.6 Å². The molecule has 1 aromatic carbocycles. The minimum atomic E-state index is 0.600. The molecule has 1 atom stereocenters. The standard InChI is InChI=1S/C14H17N3/c1-2-4-14-11(3-1)5-6-13(17-14)10-16-12-7-8-15-9-12/h1-6,12,15-16H,7-10H2. The highest BCUT2D eigenvalue weighted by Gasteiger charge is 2.13. The summed E-state index contributed by atoms with van der Waals surface area (Å²) in [5.74, 6) is 0. The van der Waals surface area contributed by atoms with E-state index in [1.54, 1.807) is 0 Å². The van der Waals surface area contributed by atoms with Crippen molar-refractivity contribution in [1.29, 1.82) is 0 Å². The molecule has 0 aliphatic carbocycles. The van der Waals surface area contributed by atoms with Gasteiger partial charge in [0.25, 0.3) is 0 Å². The highest BCUT2D eigenvalue weighted by atomic mass is 15.0. The molecule has 0 bridgehead atoms. The Morgan fingerprint density at radius 3 is 3.06 bits per heavy atom. The van der Waals surface area contributed by atoms with Crippen LogP contribution in [0.2, 0.25) is 0 Å². The molecular formula is C14H17N3. The number of nitrogens with zero attached hydrogens (tertiary/aromatic N) is 1. The average Bonchev–Trinajstić information content (AvgIpc) is 2.89. The van der Waals surface area contributed by atoms with Gasteiger partial charge in [-0.1, -0.05) is 24.3 Å². The van der Waals surface area contributed by atoms with E-state index in [9.17, 15) is 0 Å². The Hall–Kier alpha value is -1.45. The molecule has 2 heterocycles. The zero-order chi connectivity index (χ0) is 11.5. The van der Waals surface area contributed by atoms with Crippen LogP contribution in [0, 0.1) is 0 Å². The Balaban J connectivity index is 1.72. The first kappa shape index (κ1) is 10.7. The molecule has 3 heteroatoms. The number of hydrogen-bond donors (Lipinski definition) is 2. The summed E-state index contributed by atoms with van der Waals surface area (Å²) >= 11 is 0. The van der Waals surface area contributed by atoms with Crippen molar-refractivity contribution in [2.75, 3.05) is 13.1 Å². The van der Waals surface area contributed by atoms with Crippen molar-refractivity contribution in [3.05, 3.63) is 42.1 Å². The molecule has 3 rings (SSSR count). The van der Waals surface area contributed by atoms with Gasteiger partial charge in [-0.3, -0.25) is 4.98 Å². The molecule has 0 saturated carbocycles. The predicted molar refractivity (Wildman–Crippen MR) is 69.9 cm³/mol. The van der Waals surface area contributed by atoms with Gasteiger partial charge in [0.15, 0.2) is 0 Å². The zero-order valence-electron chi connectivity index (χ0n) is 9.82. The lowest BCUT2D eigenvalue weighted by Gasteiger charge is -2.10. The Bertz CT molecular complexity index is 504. The first-order chi connectivity index (χ1) is 8.42. The summed E-state index contributed by atoms with van der Waals surface area (Å²) in [5.41, 5.74) is 2.20. The third-order valence-corrected chi connectivity index (χ3v) is 3.29. The number of rotatable bonds is 3. The molecule has 3 nitrogen and oxygen atoms in total. The lowest BCUT2D eigenvalue weighted by atomic mass is 10.2. The van der Waals surface area contributed by atoms with Crippen LogP contribution in [0.3, 0.4) is 0 Å². The van der Waals surface area contributed by atoms with Crippen LogP contribution in [0.5, 0.6) is 0 Å². The number of aromatic nitrogens is 1. The maximum absolute atomic E-state index is 4.65. The van der Waals surface area contributed by atoms with E-state index in [1.165, 1.54) is 11.8 Å². The maximum atomic E-state index is 4.65. The van der Waals surface area contributed by atoms with Crippen molar-refractivity contribution in [3.8, 4) is 0 Å². The molecule has 2 aromatic rings. The molecule has 88 valence electrons. The van der Waals surface area contributed by atoms with E-state index in [4.69, 9.17) is 0 Å². The van der Waals surface area contributed by atoms with E-state index < -0.39 is 0 Å². The molecule has 1 aliphatic heterocycles. The lowest BCUT2D eigenvalue weighted by molar-refractivity contribution is 0.542. The molecule has 0 spiro atoms. The lowest BCUT2D eigenvalue weighted by Crippen LogP contribution is -2.30. The van der Waals surface area contributed by atoms with Crippen LogP contribution in [0.15, 0.2) is 36.4 Å². The maximum Gasteiger partial charge on any atom is 0.0705 e. The van der Waals surface area contributed by atoms with Gasteiger partial charge in [-0.05, 0) is 25.1 Å². The molecule has 1 unspecified atom stereocenters. The second kappa shape index (κ2) is 4.82. The van der Waals surface area contributed by atoms with Gasteiger partial charge in [-0.25, -0.2) is 0 Å². The van der Waals surface area contributed by atoms with Crippen LogP contribution in [0.1, 0.15) is 12.1 Å². The van der Waals surface area contributed by atoms with Crippen LogP contribution in [-0.2, 0) is 6.54 Å². The van der Waals surface area contributed by atoms with Gasteiger partial charge in [-0.2, -0.15) is 0 Å². The second-order valence-corrected chi connectivity index (χ2v) is 4.57. The molecule has 1 aromatic heterocycles. The van der Waals surface area contributed by atoms with Crippen molar-refractivity contribution < 1.29 is 0 Å². The number of para-hydroxylation sites is 1. The molecule has 1 fully saturated rings. The van der Waals surface area contributed by atoms with Crippen molar-refractivity contribution in [2.45, 2.75) is 19.0 Å². The van der Waals surface area contributed by atoms with Crippen molar-refractivity contribution >= 4 is 10.9 Å². The normalized spacial score (nSPS) is 19.9. The van der Waals surface area contributed by atoms with Gasteiger partial charge in [0.1, 0.15) is 0 Å². The first-order valence-corrected chi connectivity index (χ1v) is 6.20. The minimum absolute atomic E-state index is 0.600. The van der Waals surface area contributed by atoms with Gasteiger partial charge in [-0.15, -0.1) is 0 Å². The largest absolute Gasteiger partial charge is 0.315 e. The number of hydrogen-bond acceptors (Lipinski definition) is 3. The molecule has 1 saturated heterocycles. The average molecular weight is 227 g/mol. The highest BCUT2D eigenvalue weighted by Crippen LogP contribution is 2.11. The molecule has 17 heavy (non-hydrogen) atoms. The Morgan fingerprint density at radius 2 is 2.18 bits per heavy atom. The first-order valence-electron chi connectivity index (χ1n) is 6.20. The number of benzene rings is 1. The number of fused-ring (bicyclic) bond motifs is 1. The summed E-state index contributed by atoms with van der Waals surface area (Å²) in [6.07, 6.45) is 1.22. The fraction of sp³-hybridized carbons (Fsp3) is 0.357.